The van der Waals surface area contributed by atoms with Gasteiger partial charge in [0.05, 0.1) is 6.54 Å². The average Bonchev–Trinajstić information content (AvgIpc) is 2.75. The number of rotatable bonds is 5. The van der Waals surface area contributed by atoms with Crippen LogP contribution in [0.3, 0.4) is 0 Å². The molecular weight excluding hydrogens is 234 g/mol. The van der Waals surface area contributed by atoms with Crippen molar-refractivity contribution < 1.29 is 0 Å². The van der Waals surface area contributed by atoms with Crippen LogP contribution in [0.15, 0.2) is 36.7 Å². The molecule has 2 aromatic heterocycles. The van der Waals surface area contributed by atoms with Crippen LogP contribution < -0.4 is 5.32 Å². The molecule has 1 N–H and O–H groups in total. The summed E-state index contributed by atoms with van der Waals surface area (Å²) < 4.78 is 2.26. The third-order valence-electron chi connectivity index (χ3n) is 2.59. The van der Waals surface area contributed by atoms with E-state index in [1.807, 2.05) is 12.1 Å². The van der Waals surface area contributed by atoms with Crippen molar-refractivity contribution in [2.75, 3.05) is 5.32 Å². The Bertz CT molecular complexity index is 479. The highest BCUT2D eigenvalue weighted by Crippen LogP contribution is 2.13. The maximum absolute atomic E-state index is 5.83. The zero-order chi connectivity index (χ0) is 12.1. The van der Waals surface area contributed by atoms with E-state index in [4.69, 9.17) is 11.6 Å². The summed E-state index contributed by atoms with van der Waals surface area (Å²) in [6.07, 6.45) is 4.96. The minimum Gasteiger partial charge on any atom is -0.379 e. The summed E-state index contributed by atoms with van der Waals surface area (Å²) in [5.74, 6) is 0. The van der Waals surface area contributed by atoms with Crippen molar-refractivity contribution in [2.24, 2.45) is 0 Å². The number of anilines is 1. The molecular formula is C13H16ClN3. The van der Waals surface area contributed by atoms with Crippen LogP contribution in [-0.4, -0.2) is 9.55 Å². The molecule has 0 aliphatic carbocycles. The summed E-state index contributed by atoms with van der Waals surface area (Å²) >= 11 is 5.83. The fourth-order valence-electron chi connectivity index (χ4n) is 1.77. The van der Waals surface area contributed by atoms with E-state index in [1.54, 1.807) is 6.20 Å². The van der Waals surface area contributed by atoms with E-state index in [1.165, 1.54) is 5.69 Å². The second kappa shape index (κ2) is 5.73. The van der Waals surface area contributed by atoms with Crippen molar-refractivity contribution in [2.45, 2.75) is 26.4 Å². The lowest BCUT2D eigenvalue weighted by molar-refractivity contribution is 0.654. The van der Waals surface area contributed by atoms with E-state index in [2.05, 4.69) is 40.1 Å². The molecule has 2 aromatic rings. The fraction of sp³-hybridized carbons (Fsp3) is 0.308. The summed E-state index contributed by atoms with van der Waals surface area (Å²) in [6, 6.07) is 7.95. The predicted octanol–water partition coefficient (Wildman–Crippen LogP) is 3.56. The quantitative estimate of drug-likeness (QED) is 0.822. The number of pyridine rings is 1. The van der Waals surface area contributed by atoms with Crippen LogP contribution in [0.1, 0.15) is 19.0 Å². The van der Waals surface area contributed by atoms with Crippen molar-refractivity contribution in [3.63, 3.8) is 0 Å². The highest BCUT2D eigenvalue weighted by atomic mass is 35.5. The standard InChI is InChI=1S/C13H16ClN3/c1-2-7-17-8-3-4-12(17)10-16-11-5-6-15-13(14)9-11/h3-6,8-9H,2,7,10H2,1H3,(H,15,16). The Hall–Kier alpha value is -1.48. The molecule has 0 saturated carbocycles. The van der Waals surface area contributed by atoms with Gasteiger partial charge in [0.2, 0.25) is 0 Å². The maximum atomic E-state index is 5.83. The molecule has 0 aromatic carbocycles. The Morgan fingerprint density at radius 2 is 2.29 bits per heavy atom. The lowest BCUT2D eigenvalue weighted by Gasteiger charge is -2.10. The number of halogens is 1. The van der Waals surface area contributed by atoms with E-state index in [0.717, 1.165) is 25.2 Å². The van der Waals surface area contributed by atoms with Crippen molar-refractivity contribution in [1.82, 2.24) is 9.55 Å². The van der Waals surface area contributed by atoms with E-state index in [0.29, 0.717) is 5.15 Å². The number of hydrogen-bond acceptors (Lipinski definition) is 2. The van der Waals surface area contributed by atoms with Gasteiger partial charge in [0.15, 0.2) is 0 Å². The van der Waals surface area contributed by atoms with Crippen molar-refractivity contribution in [3.8, 4) is 0 Å². The zero-order valence-electron chi connectivity index (χ0n) is 9.86. The molecule has 0 radical (unpaired) electrons. The molecule has 0 atom stereocenters. The Kier molecular flexibility index (Phi) is 4.04. The molecule has 0 aliphatic heterocycles. The Balaban J connectivity index is 1.99. The van der Waals surface area contributed by atoms with Gasteiger partial charge in [-0.1, -0.05) is 18.5 Å². The molecule has 0 amide bonds. The van der Waals surface area contributed by atoms with Gasteiger partial charge in [0.1, 0.15) is 5.15 Å². The van der Waals surface area contributed by atoms with Gasteiger partial charge in [0, 0.05) is 30.3 Å². The van der Waals surface area contributed by atoms with Crippen LogP contribution >= 0.6 is 11.6 Å². The highest BCUT2D eigenvalue weighted by molar-refractivity contribution is 6.29. The molecule has 0 spiro atoms. The number of hydrogen-bond donors (Lipinski definition) is 1. The number of aryl methyl sites for hydroxylation is 1. The summed E-state index contributed by atoms with van der Waals surface area (Å²) in [7, 11) is 0. The van der Waals surface area contributed by atoms with Gasteiger partial charge < -0.3 is 9.88 Å². The minimum absolute atomic E-state index is 0.513. The molecule has 0 aliphatic rings. The fourth-order valence-corrected chi connectivity index (χ4v) is 1.95. The summed E-state index contributed by atoms with van der Waals surface area (Å²) in [6.45, 7) is 4.04. The van der Waals surface area contributed by atoms with Gasteiger partial charge in [0.25, 0.3) is 0 Å². The summed E-state index contributed by atoms with van der Waals surface area (Å²) in [4.78, 5) is 3.95. The van der Waals surface area contributed by atoms with E-state index in [9.17, 15) is 0 Å². The second-order valence-corrected chi connectivity index (χ2v) is 4.30. The number of aromatic nitrogens is 2. The number of nitrogens with zero attached hydrogens (tertiary/aromatic N) is 2. The first-order valence-corrected chi connectivity index (χ1v) is 6.17. The van der Waals surface area contributed by atoms with Crippen LogP contribution in [0.25, 0.3) is 0 Å². The van der Waals surface area contributed by atoms with Crippen LogP contribution in [0.4, 0.5) is 5.69 Å². The highest BCUT2D eigenvalue weighted by Gasteiger charge is 2.00. The molecule has 17 heavy (non-hydrogen) atoms. The molecule has 90 valence electrons. The summed E-state index contributed by atoms with van der Waals surface area (Å²) in [5.41, 5.74) is 2.27. The topological polar surface area (TPSA) is 29.9 Å². The molecule has 0 unspecified atom stereocenters. The lowest BCUT2D eigenvalue weighted by atomic mass is 10.3. The van der Waals surface area contributed by atoms with E-state index >= 15 is 0 Å². The monoisotopic (exact) mass is 249 g/mol. The molecule has 0 fully saturated rings. The van der Waals surface area contributed by atoms with Gasteiger partial charge >= 0.3 is 0 Å². The Morgan fingerprint density at radius 1 is 1.41 bits per heavy atom. The van der Waals surface area contributed by atoms with Crippen molar-refractivity contribution in [1.29, 1.82) is 0 Å². The van der Waals surface area contributed by atoms with Crippen LogP contribution in [0.2, 0.25) is 5.15 Å². The smallest absolute Gasteiger partial charge is 0.131 e. The van der Waals surface area contributed by atoms with E-state index < -0.39 is 0 Å². The molecule has 0 bridgehead atoms. The lowest BCUT2D eigenvalue weighted by Crippen LogP contribution is -2.06. The van der Waals surface area contributed by atoms with Crippen LogP contribution in [0.5, 0.6) is 0 Å². The minimum atomic E-state index is 0.513. The van der Waals surface area contributed by atoms with Gasteiger partial charge in [-0.15, -0.1) is 0 Å². The van der Waals surface area contributed by atoms with Crippen molar-refractivity contribution in [3.05, 3.63) is 47.5 Å². The molecule has 2 heterocycles. The van der Waals surface area contributed by atoms with Gasteiger partial charge in [-0.05, 0) is 30.7 Å². The van der Waals surface area contributed by atoms with E-state index in [-0.39, 0.29) is 0 Å². The van der Waals surface area contributed by atoms with Gasteiger partial charge in [-0.25, -0.2) is 4.98 Å². The molecule has 3 nitrogen and oxygen atoms in total. The van der Waals surface area contributed by atoms with Crippen LogP contribution in [0, 0.1) is 0 Å². The largest absolute Gasteiger partial charge is 0.379 e. The normalized spacial score (nSPS) is 10.5. The second-order valence-electron chi connectivity index (χ2n) is 3.91. The third kappa shape index (κ3) is 3.24. The van der Waals surface area contributed by atoms with Crippen LogP contribution in [-0.2, 0) is 13.1 Å². The predicted molar refractivity (Wildman–Crippen MR) is 71.3 cm³/mol. The molecule has 2 rings (SSSR count). The zero-order valence-corrected chi connectivity index (χ0v) is 10.6. The average molecular weight is 250 g/mol. The first-order chi connectivity index (χ1) is 8.29. The Morgan fingerprint density at radius 3 is 3.06 bits per heavy atom. The Labute approximate surface area is 106 Å². The SMILES string of the molecule is CCCn1cccc1CNc1ccnc(Cl)c1. The first-order valence-electron chi connectivity index (χ1n) is 5.79. The molecule has 4 heteroatoms. The number of nitrogens with one attached hydrogen (secondary N) is 1. The third-order valence-corrected chi connectivity index (χ3v) is 2.79. The maximum Gasteiger partial charge on any atom is 0.131 e. The van der Waals surface area contributed by atoms with Crippen molar-refractivity contribution >= 4 is 17.3 Å². The molecule has 0 saturated heterocycles. The van der Waals surface area contributed by atoms with Gasteiger partial charge in [-0.3, -0.25) is 0 Å². The first kappa shape index (κ1) is 12.0. The summed E-state index contributed by atoms with van der Waals surface area (Å²) in [5, 5.41) is 3.85. The van der Waals surface area contributed by atoms with Gasteiger partial charge in [-0.2, -0.15) is 0 Å².